The highest BCUT2D eigenvalue weighted by molar-refractivity contribution is 5.86. The highest BCUT2D eigenvalue weighted by Gasteiger charge is 2.67. The first-order chi connectivity index (χ1) is 9.55. The molecule has 0 aliphatic heterocycles. The van der Waals surface area contributed by atoms with Crippen molar-refractivity contribution >= 4 is 5.91 Å². The average molecular weight is 309 g/mol. The summed E-state index contributed by atoms with van der Waals surface area (Å²) < 4.78 is 53.5. The zero-order valence-corrected chi connectivity index (χ0v) is 11.6. The molecule has 0 unspecified atom stereocenters. The number of aliphatic hydroxyl groups excluding tert-OH is 1. The first-order valence-corrected chi connectivity index (χ1v) is 5.88. The van der Waals surface area contributed by atoms with Crippen LogP contribution >= 0.6 is 0 Å². The predicted octanol–water partition coefficient (Wildman–Crippen LogP) is 2.32. The molecule has 0 aromatic heterocycles. The number of halogens is 4. The highest BCUT2D eigenvalue weighted by Crippen LogP contribution is 2.44. The summed E-state index contributed by atoms with van der Waals surface area (Å²) >= 11 is 0. The van der Waals surface area contributed by atoms with Gasteiger partial charge in [0.05, 0.1) is 7.11 Å². The second-order valence-corrected chi connectivity index (χ2v) is 4.51. The van der Waals surface area contributed by atoms with Gasteiger partial charge in [0.15, 0.2) is 0 Å². The van der Waals surface area contributed by atoms with Gasteiger partial charge in [-0.15, -0.1) is 0 Å². The summed E-state index contributed by atoms with van der Waals surface area (Å²) in [6.45, 7) is 1.67. The lowest BCUT2D eigenvalue weighted by molar-refractivity contribution is -0.269. The van der Waals surface area contributed by atoms with Crippen LogP contribution in [0.3, 0.4) is 0 Å². The SMILES string of the molecule is CON(C)C(=O)[C@](F)([C@@H](O)c1ccc(C)cc1)C(F)(F)F. The van der Waals surface area contributed by atoms with Crippen molar-refractivity contribution in [3.05, 3.63) is 35.4 Å². The van der Waals surface area contributed by atoms with Crippen LogP contribution in [0.25, 0.3) is 0 Å². The maximum atomic E-state index is 14.5. The summed E-state index contributed by atoms with van der Waals surface area (Å²) in [5.74, 6) is -2.04. The molecule has 1 rings (SSSR count). The number of carbonyl (C=O) groups excluding carboxylic acids is 1. The molecule has 4 nitrogen and oxygen atoms in total. The molecule has 1 aromatic carbocycles. The minimum Gasteiger partial charge on any atom is -0.384 e. The van der Waals surface area contributed by atoms with Gasteiger partial charge < -0.3 is 5.11 Å². The summed E-state index contributed by atoms with van der Waals surface area (Å²) in [4.78, 5) is 16.0. The largest absolute Gasteiger partial charge is 0.434 e. The number of nitrogens with zero attached hydrogens (tertiary/aromatic N) is 1. The Balaban J connectivity index is 3.31. The van der Waals surface area contributed by atoms with E-state index in [1.165, 1.54) is 12.1 Å². The molecule has 8 heteroatoms. The number of hydrogen-bond donors (Lipinski definition) is 1. The molecule has 0 saturated heterocycles. The van der Waals surface area contributed by atoms with E-state index >= 15 is 0 Å². The van der Waals surface area contributed by atoms with Crippen molar-refractivity contribution in [3.63, 3.8) is 0 Å². The quantitative estimate of drug-likeness (QED) is 0.686. The first kappa shape index (κ1) is 17.4. The number of rotatable bonds is 4. The van der Waals surface area contributed by atoms with Crippen molar-refractivity contribution < 1.29 is 32.3 Å². The van der Waals surface area contributed by atoms with Crippen molar-refractivity contribution in [2.24, 2.45) is 0 Å². The number of hydroxylamine groups is 2. The molecule has 0 bridgehead atoms. The van der Waals surface area contributed by atoms with Gasteiger partial charge in [0.25, 0.3) is 5.91 Å². The first-order valence-electron chi connectivity index (χ1n) is 5.88. The topological polar surface area (TPSA) is 49.8 Å². The van der Waals surface area contributed by atoms with Crippen LogP contribution in [0.2, 0.25) is 0 Å². The van der Waals surface area contributed by atoms with Crippen molar-refractivity contribution in [3.8, 4) is 0 Å². The third kappa shape index (κ3) is 3.16. The second kappa shape index (κ2) is 5.98. The monoisotopic (exact) mass is 309 g/mol. The van der Waals surface area contributed by atoms with E-state index in [1.54, 1.807) is 6.92 Å². The van der Waals surface area contributed by atoms with Gasteiger partial charge in [-0.1, -0.05) is 29.8 Å². The number of amides is 1. The third-order valence-electron chi connectivity index (χ3n) is 3.05. The molecule has 0 saturated carbocycles. The molecule has 0 aliphatic rings. The summed E-state index contributed by atoms with van der Waals surface area (Å²) in [5.41, 5.74) is -4.16. The van der Waals surface area contributed by atoms with Gasteiger partial charge in [-0.3, -0.25) is 9.63 Å². The van der Waals surface area contributed by atoms with Crippen LogP contribution in [0.5, 0.6) is 0 Å². The Kier molecular flexibility index (Phi) is 4.95. The van der Waals surface area contributed by atoms with E-state index in [2.05, 4.69) is 4.84 Å². The molecule has 0 heterocycles. The number of hydrogen-bond acceptors (Lipinski definition) is 3. The lowest BCUT2D eigenvalue weighted by Crippen LogP contribution is -2.57. The molecule has 21 heavy (non-hydrogen) atoms. The van der Waals surface area contributed by atoms with E-state index in [9.17, 15) is 27.5 Å². The number of aliphatic hydroxyl groups is 1. The zero-order valence-electron chi connectivity index (χ0n) is 11.6. The molecule has 0 fully saturated rings. The Morgan fingerprint density at radius 1 is 1.24 bits per heavy atom. The Labute approximate surface area is 118 Å². The number of benzene rings is 1. The van der Waals surface area contributed by atoms with Gasteiger partial charge in [0.2, 0.25) is 0 Å². The van der Waals surface area contributed by atoms with Crippen LogP contribution in [-0.4, -0.2) is 42.1 Å². The minimum atomic E-state index is -5.61. The molecular formula is C13H15F4NO3. The normalized spacial score (nSPS) is 16.2. The van der Waals surface area contributed by atoms with E-state index in [-0.39, 0.29) is 10.6 Å². The number of aryl methyl sites for hydroxylation is 1. The number of alkyl halides is 4. The summed E-state index contributed by atoms with van der Waals surface area (Å²) in [5, 5.41) is 9.87. The lowest BCUT2D eigenvalue weighted by atomic mass is 9.90. The molecule has 2 atom stereocenters. The van der Waals surface area contributed by atoms with Gasteiger partial charge in [-0.05, 0) is 12.5 Å². The van der Waals surface area contributed by atoms with Crippen molar-refractivity contribution in [1.29, 1.82) is 0 Å². The molecule has 118 valence electrons. The smallest absolute Gasteiger partial charge is 0.384 e. The molecule has 0 spiro atoms. The Morgan fingerprint density at radius 3 is 2.10 bits per heavy atom. The molecular weight excluding hydrogens is 294 g/mol. The van der Waals surface area contributed by atoms with Crippen molar-refractivity contribution in [2.45, 2.75) is 24.9 Å². The molecule has 1 N–H and O–H groups in total. The fourth-order valence-corrected chi connectivity index (χ4v) is 1.68. The number of carbonyl (C=O) groups is 1. The van der Waals surface area contributed by atoms with Crippen molar-refractivity contribution in [1.82, 2.24) is 5.06 Å². The van der Waals surface area contributed by atoms with E-state index in [1.807, 2.05) is 0 Å². The average Bonchev–Trinajstić information content (AvgIpc) is 2.43. The summed E-state index contributed by atoms with van der Waals surface area (Å²) in [6, 6.07) is 5.06. The summed E-state index contributed by atoms with van der Waals surface area (Å²) in [7, 11) is 1.73. The minimum absolute atomic E-state index is 0.0882. The summed E-state index contributed by atoms with van der Waals surface area (Å²) in [6.07, 6.45) is -8.32. The Hall–Kier alpha value is -1.67. The van der Waals surface area contributed by atoms with E-state index in [0.717, 1.165) is 26.3 Å². The highest BCUT2D eigenvalue weighted by atomic mass is 19.4. The van der Waals surface area contributed by atoms with Crippen LogP contribution in [0.15, 0.2) is 24.3 Å². The standard InChI is InChI=1S/C13H15F4NO3/c1-8-4-6-9(7-5-8)10(19)12(14,13(15,16)17)11(20)18(2)21-3/h4-7,10,19H,1-3H3/t10-,12+/m0/s1. The van der Waals surface area contributed by atoms with Gasteiger partial charge in [-0.2, -0.15) is 13.2 Å². The van der Waals surface area contributed by atoms with E-state index < -0.39 is 23.9 Å². The van der Waals surface area contributed by atoms with E-state index in [0.29, 0.717) is 5.56 Å². The maximum absolute atomic E-state index is 14.5. The molecule has 0 aliphatic carbocycles. The van der Waals surface area contributed by atoms with E-state index in [4.69, 9.17) is 0 Å². The van der Waals surface area contributed by atoms with Gasteiger partial charge in [-0.25, -0.2) is 9.45 Å². The van der Waals surface area contributed by atoms with Gasteiger partial charge in [0.1, 0.15) is 6.10 Å². The fourth-order valence-electron chi connectivity index (χ4n) is 1.68. The molecule has 1 aromatic rings. The van der Waals surface area contributed by atoms with Crippen LogP contribution < -0.4 is 0 Å². The second-order valence-electron chi connectivity index (χ2n) is 4.51. The van der Waals surface area contributed by atoms with Crippen LogP contribution in [0.4, 0.5) is 17.6 Å². The maximum Gasteiger partial charge on any atom is 0.434 e. The Bertz CT molecular complexity index is 503. The fraction of sp³-hybridized carbons (Fsp3) is 0.462. The van der Waals surface area contributed by atoms with Crippen LogP contribution in [0.1, 0.15) is 17.2 Å². The molecule has 1 amide bonds. The van der Waals surface area contributed by atoms with Gasteiger partial charge >= 0.3 is 11.8 Å². The third-order valence-corrected chi connectivity index (χ3v) is 3.05. The predicted molar refractivity (Wildman–Crippen MR) is 65.8 cm³/mol. The van der Waals surface area contributed by atoms with Crippen LogP contribution in [-0.2, 0) is 9.63 Å². The van der Waals surface area contributed by atoms with Crippen LogP contribution in [0, 0.1) is 6.92 Å². The molecule has 0 radical (unpaired) electrons. The van der Waals surface area contributed by atoms with Crippen molar-refractivity contribution in [2.75, 3.05) is 14.2 Å². The lowest BCUT2D eigenvalue weighted by Gasteiger charge is -2.33. The van der Waals surface area contributed by atoms with Gasteiger partial charge in [0, 0.05) is 7.05 Å². The Morgan fingerprint density at radius 2 is 1.71 bits per heavy atom. The zero-order chi connectivity index (χ0) is 16.4.